The van der Waals surface area contributed by atoms with Crippen molar-refractivity contribution in [1.29, 1.82) is 0 Å². The molecule has 1 unspecified atom stereocenters. The van der Waals surface area contributed by atoms with Crippen molar-refractivity contribution in [3.8, 4) is 29.1 Å². The fraction of sp³-hybridized carbons (Fsp3) is 0.432. The highest BCUT2D eigenvalue weighted by Crippen LogP contribution is 2.41. The molecule has 0 saturated carbocycles. The van der Waals surface area contributed by atoms with Crippen LogP contribution in [0, 0.1) is 29.4 Å². The molecular formula is C37H38ClF3N7O2+. The van der Waals surface area contributed by atoms with Gasteiger partial charge in [-0.1, -0.05) is 41.8 Å². The Balaban J connectivity index is 1.27. The van der Waals surface area contributed by atoms with Crippen molar-refractivity contribution in [2.75, 3.05) is 60.5 Å². The summed E-state index contributed by atoms with van der Waals surface area (Å²) < 4.78 is 53.9. The molecule has 0 spiro atoms. The lowest BCUT2D eigenvalue weighted by molar-refractivity contribution is -0.405. The summed E-state index contributed by atoms with van der Waals surface area (Å²) in [6.45, 7) is 2.86. The monoisotopic (exact) mass is 704 g/mol. The molecule has 3 aliphatic rings. The molecule has 3 aliphatic heterocycles. The molecule has 0 bridgehead atoms. The number of halogens is 4. The molecule has 260 valence electrons. The second-order valence-corrected chi connectivity index (χ2v) is 14.1. The normalized spacial score (nSPS) is 22.4. The van der Waals surface area contributed by atoms with E-state index in [1.54, 1.807) is 40.8 Å². The topological polar surface area (TPSA) is 77.7 Å². The third-order valence-electron chi connectivity index (χ3n) is 9.94. The zero-order valence-corrected chi connectivity index (χ0v) is 29.0. The molecule has 0 aliphatic carbocycles. The van der Waals surface area contributed by atoms with Crippen LogP contribution >= 0.6 is 11.6 Å². The molecule has 50 heavy (non-hydrogen) atoms. The predicted molar refractivity (Wildman–Crippen MR) is 187 cm³/mol. The number of hydrogen-bond donors (Lipinski definition) is 0. The van der Waals surface area contributed by atoms with E-state index in [4.69, 9.17) is 21.3 Å². The lowest BCUT2D eigenvalue weighted by Crippen LogP contribution is -2.43. The molecule has 2 aromatic carbocycles. The largest absolute Gasteiger partial charge is 0.443 e. The number of carbonyl (C=O) groups is 1. The third-order valence-corrected chi connectivity index (χ3v) is 10.3. The molecule has 13 heteroatoms. The van der Waals surface area contributed by atoms with Crippen LogP contribution in [0.1, 0.15) is 25.7 Å². The smallest absolute Gasteiger partial charge is 0.434 e. The molecular weight excluding hydrogens is 667 g/mol. The van der Waals surface area contributed by atoms with Crippen molar-refractivity contribution >= 4 is 51.2 Å². The van der Waals surface area contributed by atoms with Gasteiger partial charge in [0, 0.05) is 54.1 Å². The highest BCUT2D eigenvalue weighted by Gasteiger charge is 2.49. The zero-order valence-electron chi connectivity index (χ0n) is 28.2. The molecule has 9 nitrogen and oxygen atoms in total. The van der Waals surface area contributed by atoms with Crippen molar-refractivity contribution in [3.63, 3.8) is 0 Å². The van der Waals surface area contributed by atoms with Gasteiger partial charge < -0.3 is 9.64 Å². The van der Waals surface area contributed by atoms with Gasteiger partial charge in [0.15, 0.2) is 5.82 Å². The van der Waals surface area contributed by atoms with Gasteiger partial charge in [0.25, 0.3) is 5.91 Å². The summed E-state index contributed by atoms with van der Waals surface area (Å²) >= 11 is 6.40. The number of pyridine rings is 1. The molecule has 1 amide bonds. The van der Waals surface area contributed by atoms with Crippen molar-refractivity contribution < 1.29 is 27.3 Å². The summed E-state index contributed by atoms with van der Waals surface area (Å²) in [6.07, 6.45) is 5.32. The minimum absolute atomic E-state index is 0.00954. The van der Waals surface area contributed by atoms with Crippen LogP contribution in [0.4, 0.5) is 19.0 Å². The van der Waals surface area contributed by atoms with Crippen molar-refractivity contribution in [2.45, 2.75) is 37.4 Å². The predicted octanol–water partition coefficient (Wildman–Crippen LogP) is 5.49. The van der Waals surface area contributed by atoms with Crippen LogP contribution in [0.25, 0.3) is 32.9 Å². The van der Waals surface area contributed by atoms with E-state index in [-0.39, 0.29) is 40.7 Å². The second kappa shape index (κ2) is 13.8. The second-order valence-electron chi connectivity index (χ2n) is 13.7. The first-order chi connectivity index (χ1) is 24.0. The number of hydrogen-bond acceptors (Lipinski definition) is 7. The van der Waals surface area contributed by atoms with Gasteiger partial charge in [-0.3, -0.25) is 19.6 Å². The number of nitrogens with zero attached hydrogens (tertiary/aromatic N) is 7. The van der Waals surface area contributed by atoms with Crippen molar-refractivity contribution in [1.82, 2.24) is 29.7 Å². The maximum absolute atomic E-state index is 16.7. The number of benzene rings is 2. The van der Waals surface area contributed by atoms with Crippen LogP contribution in [0.2, 0.25) is 5.02 Å². The van der Waals surface area contributed by atoms with Gasteiger partial charge in [-0.05, 0) is 57.3 Å². The average molecular weight is 705 g/mol. The Morgan fingerprint density at radius 3 is 2.86 bits per heavy atom. The third kappa shape index (κ3) is 6.50. The van der Waals surface area contributed by atoms with Gasteiger partial charge in [-0.25, -0.2) is 17.7 Å². The van der Waals surface area contributed by atoms with Gasteiger partial charge >= 0.3 is 11.8 Å². The van der Waals surface area contributed by atoms with E-state index in [2.05, 4.69) is 26.7 Å². The van der Waals surface area contributed by atoms with Crippen LogP contribution in [-0.2, 0) is 4.79 Å². The van der Waals surface area contributed by atoms with Gasteiger partial charge in [0.05, 0.1) is 30.4 Å². The number of fused-ring (bicyclic) bond motifs is 3. The van der Waals surface area contributed by atoms with Crippen LogP contribution in [0.3, 0.4) is 0 Å². The fourth-order valence-corrected chi connectivity index (χ4v) is 7.80. The highest BCUT2D eigenvalue weighted by molar-refractivity contribution is 6.36. The number of aromatic nitrogens is 3. The van der Waals surface area contributed by atoms with Gasteiger partial charge in [-0.2, -0.15) is 4.98 Å². The van der Waals surface area contributed by atoms with Crippen LogP contribution < -0.4 is 4.74 Å². The van der Waals surface area contributed by atoms with E-state index >= 15 is 4.39 Å². The summed E-state index contributed by atoms with van der Waals surface area (Å²) in [7, 11) is 5.58. The molecule has 5 heterocycles. The van der Waals surface area contributed by atoms with Crippen LogP contribution in [-0.4, -0.2) is 119 Å². The first-order valence-corrected chi connectivity index (χ1v) is 17.2. The molecule has 3 atom stereocenters. The minimum Gasteiger partial charge on any atom is -0.443 e. The Bertz CT molecular complexity index is 2080. The molecule has 2 aromatic heterocycles. The summed E-state index contributed by atoms with van der Waals surface area (Å²) in [5.41, 5.74) is -0.222. The van der Waals surface area contributed by atoms with Gasteiger partial charge in [-0.15, -0.1) is 0 Å². The number of alkyl halides is 1. The van der Waals surface area contributed by atoms with Crippen LogP contribution in [0.15, 0.2) is 36.5 Å². The standard InChI is InChI=1S/C37H38ClF3N7O2/c1-45(2)14-5-9-29(49)47-16-12-23(20-47)19-46(3)35-27-18-42-33(26-8-4-7-24-10-11-28(40)31(38)30(24)26)32(41)34(27)43-36(44-35)50-22-37-13-6-15-48(37)21-25(39)17-37/h4,7-8,10-11,18-19,23,25H,6,12-17,20-22H2,1-3H3/q+1/b46-19+/t23?,25-,37+/m1/s1. The van der Waals surface area contributed by atoms with Crippen molar-refractivity contribution in [2.24, 2.45) is 5.92 Å². The number of ether oxygens (including phenoxy) is 1. The van der Waals surface area contributed by atoms with E-state index in [0.29, 0.717) is 60.1 Å². The Morgan fingerprint density at radius 1 is 1.20 bits per heavy atom. The summed E-state index contributed by atoms with van der Waals surface area (Å²) in [5, 5.41) is 1.18. The zero-order chi connectivity index (χ0) is 35.2. The number of rotatable bonds is 7. The van der Waals surface area contributed by atoms with Crippen LogP contribution in [0.5, 0.6) is 6.01 Å². The lowest BCUT2D eigenvalue weighted by Gasteiger charge is -2.30. The van der Waals surface area contributed by atoms with Gasteiger partial charge in [0.1, 0.15) is 35.2 Å². The molecule has 7 rings (SSSR count). The van der Waals surface area contributed by atoms with E-state index in [1.165, 1.54) is 12.3 Å². The Labute approximate surface area is 293 Å². The fourth-order valence-electron chi connectivity index (χ4n) is 7.53. The van der Waals surface area contributed by atoms with Crippen molar-refractivity contribution in [3.05, 3.63) is 53.2 Å². The molecule has 4 aromatic rings. The number of amides is 1. The quantitative estimate of drug-likeness (QED) is 0.143. The van der Waals surface area contributed by atoms with Gasteiger partial charge in [0.2, 0.25) is 0 Å². The van der Waals surface area contributed by atoms with E-state index in [0.717, 1.165) is 25.8 Å². The van der Waals surface area contributed by atoms with E-state index in [9.17, 15) is 13.6 Å². The maximum Gasteiger partial charge on any atom is 0.434 e. The highest BCUT2D eigenvalue weighted by atomic mass is 35.5. The summed E-state index contributed by atoms with van der Waals surface area (Å²) in [4.78, 5) is 32.2. The van der Waals surface area contributed by atoms with E-state index in [1.807, 2.05) is 25.2 Å². The SMILES string of the molecule is CN(C)CC#CC(=O)N1CCC(/C=[N+](\C)c2nc(OC[C@@]34CCCN3C[C@H](F)C4)nc3c(F)c(-c4cccc5ccc(F)c(Cl)c45)ncc23)C1. The minimum atomic E-state index is -0.937. The first-order valence-electron chi connectivity index (χ1n) is 16.8. The lowest BCUT2D eigenvalue weighted by atomic mass is 9.95. The summed E-state index contributed by atoms with van der Waals surface area (Å²) in [6, 6.07) is 7.95. The molecule has 3 saturated heterocycles. The average Bonchev–Trinajstić information content (AvgIpc) is 3.79. The Kier molecular flexibility index (Phi) is 9.41. The Morgan fingerprint density at radius 2 is 2.04 bits per heavy atom. The molecule has 0 N–H and O–H groups in total. The summed E-state index contributed by atoms with van der Waals surface area (Å²) in [5.74, 6) is 4.38. The van der Waals surface area contributed by atoms with E-state index < -0.39 is 23.3 Å². The Hall–Kier alpha value is -4.31. The molecule has 0 radical (unpaired) electrons. The number of carbonyl (C=O) groups excluding carboxylic acids is 1. The number of likely N-dealkylation sites (tertiary alicyclic amines) is 1. The maximum atomic E-state index is 16.7. The molecule has 3 fully saturated rings. The first kappa shape index (κ1) is 34.2.